The molecule has 2 aromatic rings. The molecular formula is C17H23ClN4O2. The SMILES string of the molecule is Cl.Cn1nc(C(=O)N2CCC(N)C(C)(C)C2)c(=O)c2ccccc21. The highest BCUT2D eigenvalue weighted by Crippen LogP contribution is 2.28. The summed E-state index contributed by atoms with van der Waals surface area (Å²) in [5.74, 6) is -0.309. The van der Waals surface area contributed by atoms with Gasteiger partial charge in [0.2, 0.25) is 5.43 Å². The van der Waals surface area contributed by atoms with E-state index in [9.17, 15) is 9.59 Å². The van der Waals surface area contributed by atoms with E-state index in [1.165, 1.54) is 0 Å². The van der Waals surface area contributed by atoms with Crippen LogP contribution in [0.3, 0.4) is 0 Å². The van der Waals surface area contributed by atoms with Crippen molar-refractivity contribution in [3.63, 3.8) is 0 Å². The zero-order valence-electron chi connectivity index (χ0n) is 14.2. The number of aryl methyl sites for hydroxylation is 1. The number of rotatable bonds is 1. The van der Waals surface area contributed by atoms with Crippen molar-refractivity contribution < 1.29 is 4.79 Å². The number of likely N-dealkylation sites (tertiary alicyclic amines) is 1. The van der Waals surface area contributed by atoms with Gasteiger partial charge in [0.05, 0.1) is 5.52 Å². The van der Waals surface area contributed by atoms with Gasteiger partial charge in [-0.2, -0.15) is 5.10 Å². The molecule has 0 saturated carbocycles. The van der Waals surface area contributed by atoms with Crippen LogP contribution in [0.25, 0.3) is 10.9 Å². The van der Waals surface area contributed by atoms with Gasteiger partial charge >= 0.3 is 0 Å². The molecule has 0 spiro atoms. The van der Waals surface area contributed by atoms with Crippen LogP contribution < -0.4 is 11.2 Å². The molecule has 24 heavy (non-hydrogen) atoms. The number of nitrogens with two attached hydrogens (primary N) is 1. The zero-order chi connectivity index (χ0) is 16.8. The molecule has 2 N–H and O–H groups in total. The molecule has 1 atom stereocenters. The molecule has 0 aliphatic carbocycles. The number of carbonyl (C=O) groups excluding carboxylic acids is 1. The minimum Gasteiger partial charge on any atom is -0.336 e. The van der Waals surface area contributed by atoms with Gasteiger partial charge in [-0.1, -0.05) is 26.0 Å². The molecule has 2 heterocycles. The summed E-state index contributed by atoms with van der Waals surface area (Å²) >= 11 is 0. The highest BCUT2D eigenvalue weighted by Gasteiger charge is 2.36. The van der Waals surface area contributed by atoms with Gasteiger partial charge in [0.25, 0.3) is 5.91 Å². The maximum absolute atomic E-state index is 12.8. The Kier molecular flexibility index (Phi) is 5.01. The summed E-state index contributed by atoms with van der Waals surface area (Å²) in [7, 11) is 1.74. The summed E-state index contributed by atoms with van der Waals surface area (Å²) in [5, 5.41) is 4.74. The maximum Gasteiger partial charge on any atom is 0.278 e. The third-order valence-corrected chi connectivity index (χ3v) is 4.76. The van der Waals surface area contributed by atoms with E-state index in [0.29, 0.717) is 18.5 Å². The molecule has 1 aliphatic heterocycles. The number of carbonyl (C=O) groups is 1. The molecule has 7 heteroatoms. The van der Waals surface area contributed by atoms with Gasteiger partial charge in [-0.25, -0.2) is 0 Å². The fourth-order valence-electron chi connectivity index (χ4n) is 3.16. The Hall–Kier alpha value is -1.92. The first-order valence-electron chi connectivity index (χ1n) is 7.82. The molecule has 1 saturated heterocycles. The summed E-state index contributed by atoms with van der Waals surface area (Å²) in [4.78, 5) is 27.2. The number of aromatic nitrogens is 2. The van der Waals surface area contributed by atoms with Crippen molar-refractivity contribution in [3.05, 3.63) is 40.2 Å². The van der Waals surface area contributed by atoms with Gasteiger partial charge in [-0.15, -0.1) is 12.4 Å². The summed E-state index contributed by atoms with van der Waals surface area (Å²) < 4.78 is 1.59. The van der Waals surface area contributed by atoms with E-state index in [1.54, 1.807) is 28.8 Å². The lowest BCUT2D eigenvalue weighted by atomic mass is 9.79. The van der Waals surface area contributed by atoms with E-state index >= 15 is 0 Å². The second-order valence-electron chi connectivity index (χ2n) is 6.93. The Morgan fingerprint density at radius 2 is 2.00 bits per heavy atom. The van der Waals surface area contributed by atoms with Crippen LogP contribution in [-0.4, -0.2) is 39.7 Å². The minimum atomic E-state index is -0.309. The average Bonchev–Trinajstić information content (AvgIpc) is 2.53. The van der Waals surface area contributed by atoms with Crippen molar-refractivity contribution >= 4 is 29.2 Å². The lowest BCUT2D eigenvalue weighted by molar-refractivity contribution is 0.0524. The molecule has 1 aromatic carbocycles. The first-order chi connectivity index (χ1) is 10.8. The molecular weight excluding hydrogens is 328 g/mol. The van der Waals surface area contributed by atoms with Gasteiger partial charge in [-0.05, 0) is 24.0 Å². The second kappa shape index (κ2) is 6.53. The predicted molar refractivity (Wildman–Crippen MR) is 96.5 cm³/mol. The number of hydrogen-bond donors (Lipinski definition) is 1. The fourth-order valence-corrected chi connectivity index (χ4v) is 3.16. The van der Waals surface area contributed by atoms with E-state index in [0.717, 1.165) is 11.9 Å². The number of hydrogen-bond acceptors (Lipinski definition) is 4. The number of halogens is 1. The molecule has 1 aromatic heterocycles. The van der Waals surface area contributed by atoms with Crippen molar-refractivity contribution in [2.24, 2.45) is 18.2 Å². The number of piperidine rings is 1. The van der Waals surface area contributed by atoms with Crippen LogP contribution in [0.15, 0.2) is 29.1 Å². The van der Waals surface area contributed by atoms with Gasteiger partial charge in [0.15, 0.2) is 5.69 Å². The Balaban J connectivity index is 0.00000208. The van der Waals surface area contributed by atoms with Crippen LogP contribution in [0, 0.1) is 5.41 Å². The van der Waals surface area contributed by atoms with Crippen LogP contribution in [-0.2, 0) is 7.05 Å². The minimum absolute atomic E-state index is 0. The Labute approximate surface area is 147 Å². The number of nitrogens with zero attached hydrogens (tertiary/aromatic N) is 3. The summed E-state index contributed by atoms with van der Waals surface area (Å²) in [6.45, 7) is 5.18. The van der Waals surface area contributed by atoms with Crippen LogP contribution in [0.1, 0.15) is 30.8 Å². The highest BCUT2D eigenvalue weighted by atomic mass is 35.5. The molecule has 0 radical (unpaired) electrons. The standard InChI is InChI=1S/C17H22N4O2.ClH/c1-17(2)10-21(9-8-13(17)18)16(23)14-15(22)11-6-4-5-7-12(11)20(3)19-14;/h4-7,13H,8-10,18H2,1-3H3;1H. The number of amides is 1. The van der Waals surface area contributed by atoms with Gasteiger partial charge in [0.1, 0.15) is 0 Å². The molecule has 6 nitrogen and oxygen atoms in total. The van der Waals surface area contributed by atoms with E-state index in [4.69, 9.17) is 5.73 Å². The van der Waals surface area contributed by atoms with Crippen molar-refractivity contribution in [2.45, 2.75) is 26.3 Å². The molecule has 3 rings (SSSR count). The molecule has 1 aliphatic rings. The Morgan fingerprint density at radius 1 is 1.33 bits per heavy atom. The average molecular weight is 351 g/mol. The first kappa shape index (κ1) is 18.4. The fraction of sp³-hybridized carbons (Fsp3) is 0.471. The van der Waals surface area contributed by atoms with E-state index in [-0.39, 0.29) is 40.9 Å². The molecule has 0 bridgehead atoms. The van der Waals surface area contributed by atoms with Crippen molar-refractivity contribution in [1.82, 2.24) is 14.7 Å². The van der Waals surface area contributed by atoms with E-state index < -0.39 is 0 Å². The van der Waals surface area contributed by atoms with E-state index in [1.807, 2.05) is 26.0 Å². The van der Waals surface area contributed by atoms with Gasteiger partial charge < -0.3 is 10.6 Å². The monoisotopic (exact) mass is 350 g/mol. The lowest BCUT2D eigenvalue weighted by Crippen LogP contribution is -2.54. The third kappa shape index (κ3) is 3.03. The van der Waals surface area contributed by atoms with E-state index in [2.05, 4.69) is 5.10 Å². The van der Waals surface area contributed by atoms with Crippen LogP contribution >= 0.6 is 12.4 Å². The second-order valence-corrected chi connectivity index (χ2v) is 6.93. The van der Waals surface area contributed by atoms with Gasteiger partial charge in [0, 0.05) is 31.6 Å². The smallest absolute Gasteiger partial charge is 0.278 e. The van der Waals surface area contributed by atoms with Gasteiger partial charge in [-0.3, -0.25) is 14.3 Å². The van der Waals surface area contributed by atoms with Crippen LogP contribution in [0.2, 0.25) is 0 Å². The number of benzene rings is 1. The topological polar surface area (TPSA) is 81.2 Å². The zero-order valence-corrected chi connectivity index (χ0v) is 15.0. The van der Waals surface area contributed by atoms with Crippen LogP contribution in [0.5, 0.6) is 0 Å². The van der Waals surface area contributed by atoms with Crippen molar-refractivity contribution in [3.8, 4) is 0 Å². The molecule has 1 fully saturated rings. The summed E-state index contributed by atoms with van der Waals surface area (Å²) in [6.07, 6.45) is 0.729. The molecule has 1 unspecified atom stereocenters. The largest absolute Gasteiger partial charge is 0.336 e. The summed E-state index contributed by atoms with van der Waals surface area (Å²) in [5.41, 5.74) is 6.34. The number of para-hydroxylation sites is 1. The van der Waals surface area contributed by atoms with Crippen molar-refractivity contribution in [1.29, 1.82) is 0 Å². The molecule has 130 valence electrons. The molecule has 1 amide bonds. The highest BCUT2D eigenvalue weighted by molar-refractivity contribution is 5.95. The predicted octanol–water partition coefficient (Wildman–Crippen LogP) is 1.55. The van der Waals surface area contributed by atoms with Crippen LogP contribution in [0.4, 0.5) is 0 Å². The normalized spacial score (nSPS) is 19.8. The third-order valence-electron chi connectivity index (χ3n) is 4.76. The number of fused-ring (bicyclic) bond motifs is 1. The Bertz CT molecular complexity index is 831. The lowest BCUT2D eigenvalue weighted by Gasteiger charge is -2.42. The maximum atomic E-state index is 12.8. The van der Waals surface area contributed by atoms with Crippen molar-refractivity contribution in [2.75, 3.05) is 13.1 Å². The first-order valence-corrected chi connectivity index (χ1v) is 7.82. The Morgan fingerprint density at radius 3 is 2.67 bits per heavy atom. The summed E-state index contributed by atoms with van der Waals surface area (Å²) in [6, 6.07) is 7.24. The quantitative estimate of drug-likeness (QED) is 0.846.